The molecule has 1 aliphatic rings. The molecule has 0 radical (unpaired) electrons. The second kappa shape index (κ2) is 3.48. The van der Waals surface area contributed by atoms with E-state index in [1.54, 1.807) is 7.11 Å². The number of rotatable bonds is 1. The van der Waals surface area contributed by atoms with Crippen LogP contribution in [-0.2, 0) is 16.4 Å². The standard InChI is InChI=1S/C11H12N2O3S/c1-16-7-2-3-10-9(6-7)8-4-5-12-17(14,15)11(8)13-10/h2-3,6,12-13H,4-5H2,1H3. The van der Waals surface area contributed by atoms with E-state index in [2.05, 4.69) is 9.71 Å². The lowest BCUT2D eigenvalue weighted by Gasteiger charge is -2.13. The minimum Gasteiger partial charge on any atom is -0.497 e. The Morgan fingerprint density at radius 1 is 1.35 bits per heavy atom. The predicted molar refractivity (Wildman–Crippen MR) is 63.7 cm³/mol. The summed E-state index contributed by atoms with van der Waals surface area (Å²) >= 11 is 0. The molecule has 2 aromatic rings. The van der Waals surface area contributed by atoms with Gasteiger partial charge in [0.25, 0.3) is 10.0 Å². The molecule has 0 amide bonds. The first-order chi connectivity index (χ1) is 8.12. The van der Waals surface area contributed by atoms with Gasteiger partial charge >= 0.3 is 0 Å². The summed E-state index contributed by atoms with van der Waals surface area (Å²) in [6.07, 6.45) is 0.696. The van der Waals surface area contributed by atoms with Crippen LogP contribution >= 0.6 is 0 Å². The van der Waals surface area contributed by atoms with Gasteiger partial charge in [-0.3, -0.25) is 0 Å². The van der Waals surface area contributed by atoms with E-state index in [1.807, 2.05) is 18.2 Å². The SMILES string of the molecule is COc1ccc2[nH]c3c(c2c1)CCNS3(=O)=O. The van der Waals surface area contributed by atoms with Crippen molar-refractivity contribution in [2.24, 2.45) is 0 Å². The Balaban J connectivity index is 2.35. The molecule has 1 aliphatic heterocycles. The van der Waals surface area contributed by atoms with E-state index in [-0.39, 0.29) is 5.03 Å². The number of fused-ring (bicyclic) bond motifs is 3. The molecule has 0 atom stereocenters. The van der Waals surface area contributed by atoms with Crippen molar-refractivity contribution < 1.29 is 13.2 Å². The van der Waals surface area contributed by atoms with E-state index in [1.165, 1.54) is 0 Å². The molecule has 0 aliphatic carbocycles. The number of methoxy groups -OCH3 is 1. The third-order valence-electron chi connectivity index (χ3n) is 3.01. The smallest absolute Gasteiger partial charge is 0.256 e. The van der Waals surface area contributed by atoms with Crippen LogP contribution in [0.25, 0.3) is 10.9 Å². The fraction of sp³-hybridized carbons (Fsp3) is 0.273. The number of nitrogens with one attached hydrogen (secondary N) is 2. The molecule has 1 aromatic carbocycles. The van der Waals surface area contributed by atoms with Crippen molar-refractivity contribution in [3.8, 4) is 5.75 Å². The summed E-state index contributed by atoms with van der Waals surface area (Å²) in [5, 5.41) is 1.21. The Bertz CT molecular complexity index is 688. The molecule has 2 heterocycles. The van der Waals surface area contributed by atoms with E-state index in [4.69, 9.17) is 4.74 Å². The fourth-order valence-corrected chi connectivity index (χ4v) is 3.49. The first kappa shape index (κ1) is 10.6. The van der Waals surface area contributed by atoms with Crippen LogP contribution in [0.1, 0.15) is 5.56 Å². The lowest BCUT2D eigenvalue weighted by atomic mass is 10.1. The Kier molecular flexibility index (Phi) is 2.17. The second-order valence-electron chi connectivity index (χ2n) is 3.99. The average Bonchev–Trinajstić information content (AvgIpc) is 2.68. The van der Waals surface area contributed by atoms with Gasteiger partial charge in [-0.25, -0.2) is 13.1 Å². The van der Waals surface area contributed by atoms with Gasteiger partial charge in [0.2, 0.25) is 0 Å². The third kappa shape index (κ3) is 1.52. The lowest BCUT2D eigenvalue weighted by Crippen LogP contribution is -2.31. The van der Waals surface area contributed by atoms with Crippen molar-refractivity contribution in [3.05, 3.63) is 23.8 Å². The maximum atomic E-state index is 11.8. The van der Waals surface area contributed by atoms with Gasteiger partial charge in [0.05, 0.1) is 7.11 Å². The van der Waals surface area contributed by atoms with E-state index >= 15 is 0 Å². The largest absolute Gasteiger partial charge is 0.497 e. The molecule has 1 aromatic heterocycles. The highest BCUT2D eigenvalue weighted by molar-refractivity contribution is 7.89. The normalized spacial score (nSPS) is 17.9. The number of aromatic nitrogens is 1. The van der Waals surface area contributed by atoms with Gasteiger partial charge in [-0.15, -0.1) is 0 Å². The first-order valence-electron chi connectivity index (χ1n) is 5.30. The monoisotopic (exact) mass is 252 g/mol. The first-order valence-corrected chi connectivity index (χ1v) is 6.78. The van der Waals surface area contributed by atoms with Crippen molar-refractivity contribution in [1.82, 2.24) is 9.71 Å². The van der Waals surface area contributed by atoms with Gasteiger partial charge in [0.15, 0.2) is 5.03 Å². The predicted octanol–water partition coefficient (Wildman–Crippen LogP) is 1.01. The Labute approximate surface area is 98.8 Å². The lowest BCUT2D eigenvalue weighted by molar-refractivity contribution is 0.415. The van der Waals surface area contributed by atoms with Crippen molar-refractivity contribution in [1.29, 1.82) is 0 Å². The Hall–Kier alpha value is -1.53. The molecule has 0 saturated carbocycles. The van der Waals surface area contributed by atoms with Crippen LogP contribution in [0, 0.1) is 0 Å². The van der Waals surface area contributed by atoms with Crippen LogP contribution in [0.3, 0.4) is 0 Å². The van der Waals surface area contributed by atoms with Gasteiger partial charge in [0.1, 0.15) is 5.75 Å². The highest BCUT2D eigenvalue weighted by Crippen LogP contribution is 2.30. The van der Waals surface area contributed by atoms with E-state index < -0.39 is 10.0 Å². The molecule has 3 rings (SSSR count). The molecule has 17 heavy (non-hydrogen) atoms. The summed E-state index contributed by atoms with van der Waals surface area (Å²) < 4.78 is 31.3. The molecule has 0 saturated heterocycles. The van der Waals surface area contributed by atoms with E-state index in [0.717, 1.165) is 22.2 Å². The summed E-state index contributed by atoms with van der Waals surface area (Å²) in [6, 6.07) is 5.51. The molecule has 0 spiro atoms. The van der Waals surface area contributed by atoms with Crippen LogP contribution in [-0.4, -0.2) is 27.1 Å². The van der Waals surface area contributed by atoms with Gasteiger partial charge in [-0.2, -0.15) is 0 Å². The molecule has 5 nitrogen and oxygen atoms in total. The summed E-state index contributed by atoms with van der Waals surface area (Å²) in [7, 11) is -1.77. The third-order valence-corrected chi connectivity index (χ3v) is 4.48. The number of hydrogen-bond acceptors (Lipinski definition) is 3. The molecule has 0 bridgehead atoms. The number of H-pyrrole nitrogens is 1. The van der Waals surface area contributed by atoms with Crippen LogP contribution < -0.4 is 9.46 Å². The zero-order chi connectivity index (χ0) is 12.0. The van der Waals surface area contributed by atoms with E-state index in [0.29, 0.717) is 13.0 Å². The van der Waals surface area contributed by atoms with Gasteiger partial charge in [-0.05, 0) is 30.2 Å². The van der Waals surface area contributed by atoms with E-state index in [9.17, 15) is 8.42 Å². The fourth-order valence-electron chi connectivity index (χ4n) is 2.19. The molecule has 0 unspecified atom stereocenters. The van der Waals surface area contributed by atoms with Crippen molar-refractivity contribution >= 4 is 20.9 Å². The van der Waals surface area contributed by atoms with Gasteiger partial charge in [-0.1, -0.05) is 0 Å². The zero-order valence-corrected chi connectivity index (χ0v) is 10.1. The Morgan fingerprint density at radius 3 is 2.94 bits per heavy atom. The minimum absolute atomic E-state index is 0.284. The minimum atomic E-state index is -3.37. The topological polar surface area (TPSA) is 71.2 Å². The van der Waals surface area contributed by atoms with Crippen molar-refractivity contribution in [2.45, 2.75) is 11.4 Å². The molecular weight excluding hydrogens is 240 g/mol. The quantitative estimate of drug-likeness (QED) is 0.795. The molecule has 90 valence electrons. The van der Waals surface area contributed by atoms with Crippen LogP contribution in [0.2, 0.25) is 0 Å². The summed E-state index contributed by atoms with van der Waals surface area (Å²) in [4.78, 5) is 2.95. The summed E-state index contributed by atoms with van der Waals surface area (Å²) in [6.45, 7) is 0.444. The highest BCUT2D eigenvalue weighted by Gasteiger charge is 2.27. The summed E-state index contributed by atoms with van der Waals surface area (Å²) in [5.74, 6) is 0.732. The molecule has 0 fully saturated rings. The molecule has 6 heteroatoms. The second-order valence-corrected chi connectivity index (χ2v) is 5.70. The maximum Gasteiger partial charge on any atom is 0.256 e. The van der Waals surface area contributed by atoms with Gasteiger partial charge in [0, 0.05) is 17.4 Å². The maximum absolute atomic E-state index is 11.8. The summed E-state index contributed by atoms with van der Waals surface area (Å²) in [5.41, 5.74) is 1.67. The van der Waals surface area contributed by atoms with Crippen LogP contribution in [0.15, 0.2) is 23.2 Å². The Morgan fingerprint density at radius 2 is 2.18 bits per heavy atom. The van der Waals surface area contributed by atoms with Crippen LogP contribution in [0.5, 0.6) is 5.75 Å². The zero-order valence-electron chi connectivity index (χ0n) is 9.28. The molecular formula is C11H12N2O3S. The number of ether oxygens (including phenoxy) is 1. The average molecular weight is 252 g/mol. The van der Waals surface area contributed by atoms with Gasteiger partial charge < -0.3 is 9.72 Å². The van der Waals surface area contributed by atoms with Crippen molar-refractivity contribution in [3.63, 3.8) is 0 Å². The number of aromatic amines is 1. The highest BCUT2D eigenvalue weighted by atomic mass is 32.2. The van der Waals surface area contributed by atoms with Crippen LogP contribution in [0.4, 0.5) is 0 Å². The molecule has 2 N–H and O–H groups in total. The van der Waals surface area contributed by atoms with Crippen molar-refractivity contribution in [2.75, 3.05) is 13.7 Å². The number of sulfonamides is 1. The number of hydrogen-bond donors (Lipinski definition) is 2. The number of benzene rings is 1.